The molecule has 1 atom stereocenters. The highest BCUT2D eigenvalue weighted by atomic mass is 28.4. The fourth-order valence-corrected chi connectivity index (χ4v) is 6.46. The SMILES string of the molecule is COC(=O)C=C(C)c1ccc2c(c1)CCC2N(CCCO[Si](C)(C)C(C)(C)C)CCc1c[nH]c2ccccc12. The molecule has 1 N–H and O–H groups in total. The maximum atomic E-state index is 11.7. The molecule has 0 saturated heterocycles. The van der Waals surface area contributed by atoms with E-state index in [1.165, 1.54) is 34.7 Å². The van der Waals surface area contributed by atoms with Crippen molar-refractivity contribution in [3.63, 3.8) is 0 Å². The van der Waals surface area contributed by atoms with E-state index in [9.17, 15) is 4.79 Å². The predicted octanol–water partition coefficient (Wildman–Crippen LogP) is 7.69. The molecule has 0 saturated carbocycles. The number of carbonyl (C=O) groups is 1. The number of aromatic amines is 1. The number of methoxy groups -OCH3 is 1. The monoisotopic (exact) mass is 546 g/mol. The lowest BCUT2D eigenvalue weighted by molar-refractivity contribution is -0.134. The zero-order valence-electron chi connectivity index (χ0n) is 24.9. The van der Waals surface area contributed by atoms with Crippen molar-refractivity contribution in [2.24, 2.45) is 0 Å². The van der Waals surface area contributed by atoms with Crippen LogP contribution >= 0.6 is 0 Å². The van der Waals surface area contributed by atoms with Crippen LogP contribution in [0.15, 0.2) is 54.7 Å². The van der Waals surface area contributed by atoms with E-state index in [1.54, 1.807) is 6.08 Å². The lowest BCUT2D eigenvalue weighted by Crippen LogP contribution is -2.41. The first kappa shape index (κ1) is 29.3. The highest BCUT2D eigenvalue weighted by Crippen LogP contribution is 2.39. The number of aryl methyl sites for hydroxylation is 1. The van der Waals surface area contributed by atoms with Crippen molar-refractivity contribution in [3.8, 4) is 0 Å². The number of esters is 1. The third kappa shape index (κ3) is 6.92. The van der Waals surface area contributed by atoms with E-state index >= 15 is 0 Å². The molecule has 0 fully saturated rings. The zero-order valence-corrected chi connectivity index (χ0v) is 25.9. The first-order chi connectivity index (χ1) is 18.5. The molecule has 0 spiro atoms. The number of nitrogens with zero attached hydrogens (tertiary/aromatic N) is 1. The van der Waals surface area contributed by atoms with Gasteiger partial charge >= 0.3 is 5.97 Å². The summed E-state index contributed by atoms with van der Waals surface area (Å²) in [6.45, 7) is 16.4. The average molecular weight is 547 g/mol. The minimum Gasteiger partial charge on any atom is -0.466 e. The summed E-state index contributed by atoms with van der Waals surface area (Å²) >= 11 is 0. The smallest absolute Gasteiger partial charge is 0.330 e. The Morgan fingerprint density at radius 1 is 1.15 bits per heavy atom. The molecular formula is C33H46N2O3Si. The van der Waals surface area contributed by atoms with Crippen molar-refractivity contribution in [2.45, 2.75) is 77.6 Å². The summed E-state index contributed by atoms with van der Waals surface area (Å²) < 4.78 is 11.4. The van der Waals surface area contributed by atoms with Gasteiger partial charge in [0.2, 0.25) is 0 Å². The number of ether oxygens (including phenoxy) is 1. The van der Waals surface area contributed by atoms with Crippen LogP contribution in [0.25, 0.3) is 16.5 Å². The van der Waals surface area contributed by atoms with Crippen LogP contribution < -0.4 is 0 Å². The van der Waals surface area contributed by atoms with Gasteiger partial charge in [0, 0.05) is 48.9 Å². The summed E-state index contributed by atoms with van der Waals surface area (Å²) in [6.07, 6.45) is 7.97. The van der Waals surface area contributed by atoms with E-state index in [2.05, 4.69) is 92.4 Å². The number of rotatable bonds is 11. The highest BCUT2D eigenvalue weighted by Gasteiger charge is 2.37. The number of benzene rings is 2. The second kappa shape index (κ2) is 12.2. The number of fused-ring (bicyclic) bond motifs is 2. The molecule has 1 aliphatic carbocycles. The van der Waals surface area contributed by atoms with Crippen LogP contribution in [0.1, 0.15) is 68.8 Å². The number of H-pyrrole nitrogens is 1. The van der Waals surface area contributed by atoms with Crippen LogP contribution in [-0.4, -0.2) is 51.0 Å². The summed E-state index contributed by atoms with van der Waals surface area (Å²) in [5.41, 5.74) is 7.43. The van der Waals surface area contributed by atoms with Gasteiger partial charge in [-0.2, -0.15) is 0 Å². The van der Waals surface area contributed by atoms with Gasteiger partial charge in [-0.15, -0.1) is 0 Å². The second-order valence-electron chi connectivity index (χ2n) is 12.4. The van der Waals surface area contributed by atoms with E-state index in [0.717, 1.165) is 56.5 Å². The molecular weight excluding hydrogens is 500 g/mol. The molecule has 39 heavy (non-hydrogen) atoms. The van der Waals surface area contributed by atoms with Crippen molar-refractivity contribution in [3.05, 3.63) is 77.0 Å². The van der Waals surface area contributed by atoms with Crippen LogP contribution in [0.5, 0.6) is 0 Å². The fourth-order valence-electron chi connectivity index (χ4n) is 5.38. The summed E-state index contributed by atoms with van der Waals surface area (Å²) in [6, 6.07) is 15.7. The number of allylic oxidation sites excluding steroid dienone is 1. The lowest BCUT2D eigenvalue weighted by atomic mass is 9.99. The van der Waals surface area contributed by atoms with Gasteiger partial charge in [0.1, 0.15) is 0 Å². The van der Waals surface area contributed by atoms with Gasteiger partial charge in [-0.1, -0.05) is 57.2 Å². The molecule has 0 aliphatic heterocycles. The van der Waals surface area contributed by atoms with Crippen molar-refractivity contribution in [1.29, 1.82) is 0 Å². The topological polar surface area (TPSA) is 54.6 Å². The van der Waals surface area contributed by atoms with Crippen LogP contribution in [0.3, 0.4) is 0 Å². The van der Waals surface area contributed by atoms with E-state index in [1.807, 2.05) is 6.92 Å². The highest BCUT2D eigenvalue weighted by molar-refractivity contribution is 6.74. The number of nitrogens with one attached hydrogen (secondary N) is 1. The van der Waals surface area contributed by atoms with E-state index in [0.29, 0.717) is 6.04 Å². The van der Waals surface area contributed by atoms with Gasteiger partial charge < -0.3 is 14.1 Å². The molecule has 5 nitrogen and oxygen atoms in total. The third-order valence-electron chi connectivity index (χ3n) is 8.82. The van der Waals surface area contributed by atoms with Crippen LogP contribution in [0.2, 0.25) is 18.1 Å². The molecule has 6 heteroatoms. The number of hydrogen-bond acceptors (Lipinski definition) is 4. The Labute approximate surface area is 235 Å². The Hall–Kier alpha value is -2.67. The first-order valence-corrected chi connectivity index (χ1v) is 17.2. The Balaban J connectivity index is 1.50. The van der Waals surface area contributed by atoms with Crippen molar-refractivity contribution >= 4 is 30.8 Å². The van der Waals surface area contributed by atoms with E-state index in [-0.39, 0.29) is 11.0 Å². The quantitative estimate of drug-likeness (QED) is 0.116. The van der Waals surface area contributed by atoms with Crippen LogP contribution in [0.4, 0.5) is 0 Å². The van der Waals surface area contributed by atoms with Gasteiger partial charge in [0.25, 0.3) is 0 Å². The minimum absolute atomic E-state index is 0.227. The Kier molecular flexibility index (Phi) is 9.20. The molecule has 210 valence electrons. The molecule has 4 rings (SSSR count). The predicted molar refractivity (Wildman–Crippen MR) is 165 cm³/mol. The second-order valence-corrected chi connectivity index (χ2v) is 17.2. The third-order valence-corrected chi connectivity index (χ3v) is 13.4. The molecule has 2 aromatic carbocycles. The normalized spacial score (nSPS) is 16.2. The molecule has 3 aromatic rings. The maximum Gasteiger partial charge on any atom is 0.330 e. The van der Waals surface area contributed by atoms with Crippen LogP contribution in [-0.2, 0) is 26.8 Å². The van der Waals surface area contributed by atoms with Gasteiger partial charge in [0.15, 0.2) is 8.32 Å². The molecule has 1 aromatic heterocycles. The maximum absolute atomic E-state index is 11.7. The van der Waals surface area contributed by atoms with Crippen molar-refractivity contribution < 1.29 is 14.0 Å². The number of carbonyl (C=O) groups excluding carboxylic acids is 1. The molecule has 0 amide bonds. The average Bonchev–Trinajstić information content (AvgIpc) is 3.51. The number of hydrogen-bond donors (Lipinski definition) is 1. The molecule has 1 aliphatic rings. The Bertz CT molecular complexity index is 1320. The molecule has 0 bridgehead atoms. The van der Waals surface area contributed by atoms with Gasteiger partial charge in [-0.25, -0.2) is 4.79 Å². The summed E-state index contributed by atoms with van der Waals surface area (Å²) in [5.74, 6) is -0.311. The summed E-state index contributed by atoms with van der Waals surface area (Å²) in [4.78, 5) is 17.9. The van der Waals surface area contributed by atoms with Gasteiger partial charge in [-0.05, 0) is 84.6 Å². The fraction of sp³-hybridized carbons (Fsp3) is 0.485. The standard InChI is InChI=1S/C33H46N2O3Si/c1-24(21-32(36)37-5)25-13-15-29-26(22-25)14-16-31(29)35(18-10-20-38-39(6,7)33(2,3)4)19-17-27-23-34-30-12-9-8-11-28(27)30/h8-9,11-13,15,21-23,31,34H,10,14,16-20H2,1-7H3. The van der Waals surface area contributed by atoms with Crippen molar-refractivity contribution in [2.75, 3.05) is 26.8 Å². The summed E-state index contributed by atoms with van der Waals surface area (Å²) in [7, 11) is -0.333. The molecule has 0 radical (unpaired) electrons. The Morgan fingerprint density at radius 2 is 1.92 bits per heavy atom. The lowest BCUT2D eigenvalue weighted by Gasteiger charge is -2.36. The summed E-state index contributed by atoms with van der Waals surface area (Å²) in [5, 5.41) is 1.55. The Morgan fingerprint density at radius 3 is 2.67 bits per heavy atom. The number of para-hydroxylation sites is 1. The molecule has 1 heterocycles. The van der Waals surface area contributed by atoms with Gasteiger partial charge in [0.05, 0.1) is 7.11 Å². The number of aromatic nitrogens is 1. The minimum atomic E-state index is -1.75. The largest absolute Gasteiger partial charge is 0.466 e. The molecule has 1 unspecified atom stereocenters. The van der Waals surface area contributed by atoms with Crippen molar-refractivity contribution in [1.82, 2.24) is 9.88 Å². The van der Waals surface area contributed by atoms with E-state index < -0.39 is 8.32 Å². The van der Waals surface area contributed by atoms with E-state index in [4.69, 9.17) is 9.16 Å². The first-order valence-electron chi connectivity index (χ1n) is 14.3. The van der Waals surface area contributed by atoms with Crippen LogP contribution in [0, 0.1) is 0 Å². The van der Waals surface area contributed by atoms with Gasteiger partial charge in [-0.3, -0.25) is 4.90 Å². The zero-order chi connectivity index (χ0) is 28.2.